The number of H-pyrrole nitrogens is 1. The van der Waals surface area contributed by atoms with Gasteiger partial charge in [-0.3, -0.25) is 9.59 Å². The van der Waals surface area contributed by atoms with Gasteiger partial charge in [-0.1, -0.05) is 12.1 Å². The minimum absolute atomic E-state index is 0.0717. The molecule has 0 spiro atoms. The van der Waals surface area contributed by atoms with E-state index < -0.39 is 15.9 Å². The van der Waals surface area contributed by atoms with Crippen LogP contribution in [0.3, 0.4) is 0 Å². The van der Waals surface area contributed by atoms with Gasteiger partial charge in [-0.15, -0.1) is 0 Å². The molecule has 3 N–H and O–H groups in total. The van der Waals surface area contributed by atoms with Crippen LogP contribution in [-0.2, 0) is 10.0 Å². The highest BCUT2D eigenvalue weighted by Crippen LogP contribution is 2.23. The Morgan fingerprint density at radius 3 is 2.53 bits per heavy atom. The molecule has 0 bridgehead atoms. The summed E-state index contributed by atoms with van der Waals surface area (Å²) in [7, 11) is -3.65. The number of anilines is 1. The molecule has 10 nitrogen and oxygen atoms in total. The lowest BCUT2D eigenvalue weighted by molar-refractivity contribution is 0.102. The van der Waals surface area contributed by atoms with Gasteiger partial charge in [-0.2, -0.15) is 5.10 Å². The monoisotopic (exact) mass is 452 g/mol. The maximum absolute atomic E-state index is 12.8. The molecule has 0 saturated heterocycles. The summed E-state index contributed by atoms with van der Waals surface area (Å²) in [5.41, 5.74) is 1.28. The van der Waals surface area contributed by atoms with Crippen molar-refractivity contribution in [2.24, 2.45) is 0 Å². The summed E-state index contributed by atoms with van der Waals surface area (Å²) in [4.78, 5) is 31.5. The second-order valence-corrected chi connectivity index (χ2v) is 9.01. The summed E-state index contributed by atoms with van der Waals surface area (Å²) in [6, 6.07) is 12.3. The van der Waals surface area contributed by atoms with Crippen molar-refractivity contribution in [3.8, 4) is 5.69 Å². The summed E-state index contributed by atoms with van der Waals surface area (Å²) in [5.74, 6) is -0.430. The molecule has 164 valence electrons. The zero-order valence-electron chi connectivity index (χ0n) is 17.2. The van der Waals surface area contributed by atoms with Crippen LogP contribution in [0.1, 0.15) is 24.2 Å². The van der Waals surface area contributed by atoms with Gasteiger partial charge >= 0.3 is 0 Å². The fourth-order valence-corrected chi connectivity index (χ4v) is 4.41. The minimum Gasteiger partial charge on any atom is -0.320 e. The highest BCUT2D eigenvalue weighted by atomic mass is 32.2. The standard InChI is InChI=1S/C21H20N6O4S/c1-13(2)26-32(30,31)15-9-7-14(8-10-15)20(28)25-17-5-3-4-6-18(17)27-19-16(11-24-27)21(29)23-12-22-19/h3-13,26H,1-2H3,(H,25,28)(H,22,23,29). The summed E-state index contributed by atoms with van der Waals surface area (Å²) in [6.07, 6.45) is 2.69. The second-order valence-electron chi connectivity index (χ2n) is 7.30. The van der Waals surface area contributed by atoms with E-state index in [9.17, 15) is 18.0 Å². The summed E-state index contributed by atoms with van der Waals surface area (Å²) in [5, 5.41) is 7.36. The van der Waals surface area contributed by atoms with E-state index in [1.54, 1.807) is 38.1 Å². The van der Waals surface area contributed by atoms with E-state index >= 15 is 0 Å². The normalized spacial score (nSPS) is 11.7. The number of carbonyl (C=O) groups excluding carboxylic acids is 1. The van der Waals surface area contributed by atoms with Crippen molar-refractivity contribution in [1.82, 2.24) is 24.5 Å². The van der Waals surface area contributed by atoms with Gasteiger partial charge < -0.3 is 10.3 Å². The molecule has 2 aromatic carbocycles. The minimum atomic E-state index is -3.65. The summed E-state index contributed by atoms with van der Waals surface area (Å²) < 4.78 is 28.5. The second kappa shape index (κ2) is 8.36. The average molecular weight is 452 g/mol. The Morgan fingerprint density at radius 2 is 1.81 bits per heavy atom. The highest BCUT2D eigenvalue weighted by Gasteiger charge is 2.17. The van der Waals surface area contributed by atoms with Crippen LogP contribution in [-0.4, -0.2) is 40.1 Å². The van der Waals surface area contributed by atoms with E-state index in [4.69, 9.17) is 0 Å². The largest absolute Gasteiger partial charge is 0.320 e. The van der Waals surface area contributed by atoms with Crippen molar-refractivity contribution >= 4 is 32.7 Å². The van der Waals surface area contributed by atoms with Crippen LogP contribution in [0, 0.1) is 0 Å². The number of aromatic amines is 1. The third-order valence-electron chi connectivity index (χ3n) is 4.57. The third-order valence-corrected chi connectivity index (χ3v) is 6.24. The van der Waals surface area contributed by atoms with Crippen LogP contribution in [0.2, 0.25) is 0 Å². The van der Waals surface area contributed by atoms with Crippen molar-refractivity contribution in [1.29, 1.82) is 0 Å². The number of aromatic nitrogens is 4. The average Bonchev–Trinajstić information content (AvgIpc) is 3.19. The number of rotatable bonds is 6. The van der Waals surface area contributed by atoms with Gasteiger partial charge in [0.1, 0.15) is 5.39 Å². The fourth-order valence-electron chi connectivity index (χ4n) is 3.15. The Kier molecular flexibility index (Phi) is 5.59. The number of sulfonamides is 1. The van der Waals surface area contributed by atoms with Crippen LogP contribution < -0.4 is 15.6 Å². The van der Waals surface area contributed by atoms with Gasteiger partial charge in [0.05, 0.1) is 28.8 Å². The van der Waals surface area contributed by atoms with Gasteiger partial charge in [-0.05, 0) is 50.2 Å². The molecule has 2 aromatic heterocycles. The first-order valence-corrected chi connectivity index (χ1v) is 11.2. The molecule has 0 atom stereocenters. The lowest BCUT2D eigenvalue weighted by Gasteiger charge is -2.12. The van der Waals surface area contributed by atoms with Crippen LogP contribution in [0.25, 0.3) is 16.7 Å². The molecule has 0 aliphatic rings. The first kappa shape index (κ1) is 21.4. The number of fused-ring (bicyclic) bond motifs is 1. The SMILES string of the molecule is CC(C)NS(=O)(=O)c1ccc(C(=O)Nc2ccccc2-n2ncc3c(=O)[nH]cnc32)cc1. The predicted molar refractivity (Wildman–Crippen MR) is 119 cm³/mol. The molecule has 11 heteroatoms. The van der Waals surface area contributed by atoms with Crippen LogP contribution in [0.15, 0.2) is 70.7 Å². The topological polar surface area (TPSA) is 139 Å². The third kappa shape index (κ3) is 4.15. The van der Waals surface area contributed by atoms with Gasteiger partial charge in [-0.25, -0.2) is 22.8 Å². The Bertz CT molecular complexity index is 1460. The summed E-state index contributed by atoms with van der Waals surface area (Å²) in [6.45, 7) is 3.45. The van der Waals surface area contributed by atoms with Crippen LogP contribution in [0.5, 0.6) is 0 Å². The molecule has 4 rings (SSSR count). The first-order valence-electron chi connectivity index (χ1n) is 9.71. The number of hydrogen-bond donors (Lipinski definition) is 3. The van der Waals surface area contributed by atoms with E-state index in [2.05, 4.69) is 25.1 Å². The number of nitrogens with one attached hydrogen (secondary N) is 3. The van der Waals surface area contributed by atoms with Crippen molar-refractivity contribution in [2.45, 2.75) is 24.8 Å². The number of carbonyl (C=O) groups is 1. The molecule has 1 amide bonds. The van der Waals surface area contributed by atoms with E-state index in [-0.39, 0.29) is 22.1 Å². The van der Waals surface area contributed by atoms with Crippen LogP contribution in [0.4, 0.5) is 5.69 Å². The Hall–Kier alpha value is -3.83. The number of amides is 1. The molecule has 2 heterocycles. The molecule has 0 radical (unpaired) electrons. The van der Waals surface area contributed by atoms with E-state index in [1.165, 1.54) is 41.5 Å². The van der Waals surface area contributed by atoms with Crippen LogP contribution >= 0.6 is 0 Å². The lowest BCUT2D eigenvalue weighted by atomic mass is 10.2. The fraction of sp³-hybridized carbons (Fsp3) is 0.143. The zero-order chi connectivity index (χ0) is 22.9. The Morgan fingerprint density at radius 1 is 1.09 bits per heavy atom. The van der Waals surface area contributed by atoms with Crippen molar-refractivity contribution in [3.05, 3.63) is 77.0 Å². The van der Waals surface area contributed by atoms with E-state index in [0.29, 0.717) is 22.4 Å². The molecular weight excluding hydrogens is 432 g/mol. The number of benzene rings is 2. The van der Waals surface area contributed by atoms with Gasteiger partial charge in [0.25, 0.3) is 11.5 Å². The zero-order valence-corrected chi connectivity index (χ0v) is 18.1. The summed E-state index contributed by atoms with van der Waals surface area (Å²) >= 11 is 0. The molecule has 0 saturated carbocycles. The number of para-hydroxylation sites is 2. The smallest absolute Gasteiger partial charge is 0.261 e. The maximum atomic E-state index is 12.8. The predicted octanol–water partition coefficient (Wildman–Crippen LogP) is 2.05. The van der Waals surface area contributed by atoms with Crippen molar-refractivity contribution in [3.63, 3.8) is 0 Å². The van der Waals surface area contributed by atoms with Gasteiger partial charge in [0.2, 0.25) is 10.0 Å². The molecular formula is C21H20N6O4S. The molecule has 0 aliphatic carbocycles. The quantitative estimate of drug-likeness (QED) is 0.409. The van der Waals surface area contributed by atoms with E-state index in [0.717, 1.165) is 0 Å². The first-order chi connectivity index (χ1) is 15.3. The van der Waals surface area contributed by atoms with Gasteiger partial charge in [0.15, 0.2) is 5.65 Å². The Balaban J connectivity index is 1.63. The molecule has 32 heavy (non-hydrogen) atoms. The van der Waals surface area contributed by atoms with Gasteiger partial charge in [0, 0.05) is 11.6 Å². The molecule has 0 unspecified atom stereocenters. The number of nitrogens with zero attached hydrogens (tertiary/aromatic N) is 3. The Labute approximate surface area is 183 Å². The maximum Gasteiger partial charge on any atom is 0.261 e. The van der Waals surface area contributed by atoms with E-state index in [1.807, 2.05) is 0 Å². The number of hydrogen-bond acceptors (Lipinski definition) is 6. The molecule has 4 aromatic rings. The highest BCUT2D eigenvalue weighted by molar-refractivity contribution is 7.89. The van der Waals surface area contributed by atoms with Crippen molar-refractivity contribution in [2.75, 3.05) is 5.32 Å². The van der Waals surface area contributed by atoms with Crippen molar-refractivity contribution < 1.29 is 13.2 Å². The molecule has 0 fully saturated rings. The lowest BCUT2D eigenvalue weighted by Crippen LogP contribution is -2.30. The molecule has 0 aliphatic heterocycles.